The van der Waals surface area contributed by atoms with Crippen LogP contribution in [0.4, 0.5) is 5.82 Å². The number of benzene rings is 2. The average Bonchev–Trinajstić information content (AvgIpc) is 3.09. The summed E-state index contributed by atoms with van der Waals surface area (Å²) >= 11 is 6.16. The predicted octanol–water partition coefficient (Wildman–Crippen LogP) is 3.48. The van der Waals surface area contributed by atoms with E-state index in [9.17, 15) is 9.59 Å². The van der Waals surface area contributed by atoms with E-state index in [0.29, 0.717) is 27.7 Å². The molecule has 2 amide bonds. The molecule has 0 saturated carbocycles. The van der Waals surface area contributed by atoms with Crippen LogP contribution in [0.3, 0.4) is 0 Å². The van der Waals surface area contributed by atoms with Crippen molar-refractivity contribution in [2.75, 3.05) is 19.4 Å². The number of rotatable bonds is 4. The Hall–Kier alpha value is -3.12. The zero-order valence-electron chi connectivity index (χ0n) is 14.3. The van der Waals surface area contributed by atoms with Crippen molar-refractivity contribution in [3.63, 3.8) is 0 Å². The molecule has 2 aromatic carbocycles. The molecule has 3 rings (SSSR count). The molecule has 0 fully saturated rings. The molecule has 3 aromatic rings. The lowest BCUT2D eigenvalue weighted by atomic mass is 10.1. The van der Waals surface area contributed by atoms with Crippen molar-refractivity contribution in [3.05, 3.63) is 76.9 Å². The van der Waals surface area contributed by atoms with Crippen molar-refractivity contribution < 1.29 is 9.59 Å². The van der Waals surface area contributed by atoms with Gasteiger partial charge in [0.15, 0.2) is 5.82 Å². The molecule has 0 atom stereocenters. The van der Waals surface area contributed by atoms with E-state index in [1.54, 1.807) is 61.4 Å². The maximum Gasteiger partial charge on any atom is 0.256 e. The number of amides is 2. The molecule has 0 bridgehead atoms. The van der Waals surface area contributed by atoms with Crippen LogP contribution in [-0.4, -0.2) is 40.6 Å². The van der Waals surface area contributed by atoms with Gasteiger partial charge in [0.2, 0.25) is 0 Å². The minimum atomic E-state index is -0.345. The van der Waals surface area contributed by atoms with Crippen molar-refractivity contribution in [1.82, 2.24) is 14.7 Å². The molecule has 1 aromatic heterocycles. The Morgan fingerprint density at radius 2 is 1.77 bits per heavy atom. The summed E-state index contributed by atoms with van der Waals surface area (Å²) in [6, 6.07) is 15.5. The van der Waals surface area contributed by atoms with E-state index in [1.807, 2.05) is 18.2 Å². The van der Waals surface area contributed by atoms with E-state index in [0.717, 1.165) is 0 Å². The van der Waals surface area contributed by atoms with Crippen LogP contribution >= 0.6 is 11.6 Å². The largest absolute Gasteiger partial charge is 0.345 e. The summed E-state index contributed by atoms with van der Waals surface area (Å²) in [5, 5.41) is 7.60. The van der Waals surface area contributed by atoms with Crippen molar-refractivity contribution in [3.8, 4) is 5.69 Å². The molecule has 6 nitrogen and oxygen atoms in total. The molecule has 0 unspecified atom stereocenters. The number of nitrogens with one attached hydrogen (secondary N) is 1. The maximum absolute atomic E-state index is 12.5. The highest BCUT2D eigenvalue weighted by Gasteiger charge is 2.13. The number of hydrogen-bond acceptors (Lipinski definition) is 3. The van der Waals surface area contributed by atoms with Crippen LogP contribution in [0.5, 0.6) is 0 Å². The molecule has 1 heterocycles. The van der Waals surface area contributed by atoms with Crippen LogP contribution in [0, 0.1) is 0 Å². The Morgan fingerprint density at radius 3 is 2.50 bits per heavy atom. The molecular formula is C19H17ClN4O2. The number of anilines is 1. The first-order chi connectivity index (χ1) is 12.5. The molecule has 0 saturated heterocycles. The highest BCUT2D eigenvalue weighted by atomic mass is 35.5. The van der Waals surface area contributed by atoms with Crippen LogP contribution < -0.4 is 5.32 Å². The van der Waals surface area contributed by atoms with Crippen molar-refractivity contribution in [1.29, 1.82) is 0 Å². The molecule has 0 aliphatic carbocycles. The minimum Gasteiger partial charge on any atom is -0.345 e. The normalized spacial score (nSPS) is 10.4. The van der Waals surface area contributed by atoms with Gasteiger partial charge >= 0.3 is 0 Å². The van der Waals surface area contributed by atoms with E-state index in [-0.39, 0.29) is 11.8 Å². The number of halogens is 1. The number of nitrogens with zero attached hydrogens (tertiary/aromatic N) is 3. The summed E-state index contributed by atoms with van der Waals surface area (Å²) in [6.45, 7) is 0. The minimum absolute atomic E-state index is 0.164. The molecule has 0 radical (unpaired) electrons. The lowest BCUT2D eigenvalue weighted by Crippen LogP contribution is -2.22. The molecule has 0 spiro atoms. The molecule has 0 aliphatic rings. The fourth-order valence-electron chi connectivity index (χ4n) is 2.40. The second-order valence-electron chi connectivity index (χ2n) is 5.83. The Balaban J connectivity index is 1.78. The van der Waals surface area contributed by atoms with Crippen LogP contribution in [-0.2, 0) is 0 Å². The monoisotopic (exact) mass is 368 g/mol. The molecule has 132 valence electrons. The maximum atomic E-state index is 12.5. The van der Waals surface area contributed by atoms with Gasteiger partial charge in [-0.3, -0.25) is 9.59 Å². The SMILES string of the molecule is CN(C)C(=O)c1cccc(C(=O)Nc2ccn(-c3ccccc3Cl)n2)c1. The third-order valence-corrected chi connectivity index (χ3v) is 4.03. The molecule has 1 N–H and O–H groups in total. The number of hydrogen-bond donors (Lipinski definition) is 1. The van der Waals surface area contributed by atoms with E-state index >= 15 is 0 Å². The van der Waals surface area contributed by atoms with Gasteiger partial charge in [0.25, 0.3) is 11.8 Å². The third kappa shape index (κ3) is 3.75. The second kappa shape index (κ2) is 7.41. The second-order valence-corrected chi connectivity index (χ2v) is 6.24. The van der Waals surface area contributed by atoms with Crippen LogP contribution in [0.1, 0.15) is 20.7 Å². The summed E-state index contributed by atoms with van der Waals surface area (Å²) in [7, 11) is 3.33. The van der Waals surface area contributed by atoms with Crippen LogP contribution in [0.25, 0.3) is 5.69 Å². The first-order valence-electron chi connectivity index (χ1n) is 7.89. The van der Waals surface area contributed by atoms with Gasteiger partial charge < -0.3 is 10.2 Å². The van der Waals surface area contributed by atoms with Gasteiger partial charge in [0.05, 0.1) is 10.7 Å². The van der Waals surface area contributed by atoms with Crippen molar-refractivity contribution in [2.45, 2.75) is 0 Å². The fourth-order valence-corrected chi connectivity index (χ4v) is 2.62. The number of aromatic nitrogens is 2. The Bertz CT molecular complexity index is 965. The summed E-state index contributed by atoms with van der Waals surface area (Å²) in [5.74, 6) is -0.121. The molecule has 0 aliphatic heterocycles. The number of carbonyl (C=O) groups is 2. The van der Waals surface area contributed by atoms with Gasteiger partial charge in [0, 0.05) is 37.5 Å². The Kier molecular flexibility index (Phi) is 5.04. The topological polar surface area (TPSA) is 67.2 Å². The van der Waals surface area contributed by atoms with E-state index < -0.39 is 0 Å². The smallest absolute Gasteiger partial charge is 0.256 e. The molecular weight excluding hydrogens is 352 g/mol. The van der Waals surface area contributed by atoms with E-state index in [2.05, 4.69) is 10.4 Å². The first kappa shape index (κ1) is 17.7. The lowest BCUT2D eigenvalue weighted by molar-refractivity contribution is 0.0827. The number of para-hydroxylation sites is 1. The predicted molar refractivity (Wildman–Crippen MR) is 101 cm³/mol. The van der Waals surface area contributed by atoms with Gasteiger partial charge in [-0.15, -0.1) is 5.10 Å². The number of carbonyl (C=O) groups excluding carboxylic acids is 2. The quantitative estimate of drug-likeness (QED) is 0.766. The highest BCUT2D eigenvalue weighted by Crippen LogP contribution is 2.20. The van der Waals surface area contributed by atoms with Gasteiger partial charge in [-0.05, 0) is 30.3 Å². The standard InChI is InChI=1S/C19H17ClN4O2/c1-23(2)19(26)14-7-5-6-13(12-14)18(25)21-17-10-11-24(22-17)16-9-4-3-8-15(16)20/h3-12H,1-2H3,(H,21,22,25). The summed E-state index contributed by atoms with van der Waals surface area (Å²) < 4.78 is 1.59. The van der Waals surface area contributed by atoms with Crippen molar-refractivity contribution >= 4 is 29.2 Å². The lowest BCUT2D eigenvalue weighted by Gasteiger charge is -2.11. The Labute approximate surface area is 156 Å². The Morgan fingerprint density at radius 1 is 1.04 bits per heavy atom. The fraction of sp³-hybridized carbons (Fsp3) is 0.105. The highest BCUT2D eigenvalue weighted by molar-refractivity contribution is 6.32. The molecule has 26 heavy (non-hydrogen) atoms. The summed E-state index contributed by atoms with van der Waals surface area (Å²) in [5.41, 5.74) is 1.54. The molecule has 7 heteroatoms. The first-order valence-corrected chi connectivity index (χ1v) is 8.27. The van der Waals surface area contributed by atoms with Crippen molar-refractivity contribution in [2.24, 2.45) is 0 Å². The van der Waals surface area contributed by atoms with Gasteiger partial charge in [-0.25, -0.2) is 4.68 Å². The van der Waals surface area contributed by atoms with Crippen LogP contribution in [0.15, 0.2) is 60.8 Å². The summed E-state index contributed by atoms with van der Waals surface area (Å²) in [6.07, 6.45) is 1.71. The zero-order valence-corrected chi connectivity index (χ0v) is 15.1. The summed E-state index contributed by atoms with van der Waals surface area (Å²) in [4.78, 5) is 26.0. The van der Waals surface area contributed by atoms with Gasteiger partial charge in [-0.2, -0.15) is 0 Å². The van der Waals surface area contributed by atoms with E-state index in [1.165, 1.54) is 4.90 Å². The van der Waals surface area contributed by atoms with Crippen LogP contribution in [0.2, 0.25) is 5.02 Å². The third-order valence-electron chi connectivity index (χ3n) is 3.71. The average molecular weight is 369 g/mol. The van der Waals surface area contributed by atoms with Gasteiger partial charge in [-0.1, -0.05) is 29.8 Å². The zero-order chi connectivity index (χ0) is 18.7. The van der Waals surface area contributed by atoms with Gasteiger partial charge in [0.1, 0.15) is 0 Å². The van der Waals surface area contributed by atoms with E-state index in [4.69, 9.17) is 11.6 Å².